The van der Waals surface area contributed by atoms with Gasteiger partial charge in [0.15, 0.2) is 0 Å². The second-order valence-corrected chi connectivity index (χ2v) is 4.98. The molecule has 2 rings (SSSR count). The number of H-pyrrole nitrogens is 1. The molecule has 8 heteroatoms. The summed E-state index contributed by atoms with van der Waals surface area (Å²) in [5.41, 5.74) is 0.677. The van der Waals surface area contributed by atoms with Crippen LogP contribution in [0.4, 0.5) is 0 Å². The molecule has 1 aliphatic rings. The average Bonchev–Trinajstić information content (AvgIpc) is 3.00. The van der Waals surface area contributed by atoms with E-state index in [9.17, 15) is 9.59 Å². The number of nitrogens with zero attached hydrogens (tertiary/aromatic N) is 1. The fourth-order valence-corrected chi connectivity index (χ4v) is 2.59. The number of carboxylic acids is 1. The van der Waals surface area contributed by atoms with Crippen LogP contribution in [0.2, 0.25) is 0 Å². The molecule has 1 aliphatic heterocycles. The summed E-state index contributed by atoms with van der Waals surface area (Å²) >= 11 is 1.62. The zero-order valence-electron chi connectivity index (χ0n) is 9.55. The summed E-state index contributed by atoms with van der Waals surface area (Å²) in [5, 5.41) is 14.6. The lowest BCUT2D eigenvalue weighted by atomic mass is 10.1. The highest BCUT2D eigenvalue weighted by Crippen LogP contribution is 2.10. The third kappa shape index (κ3) is 3.23. The Bertz CT molecular complexity index is 417. The Balaban J connectivity index is 1.93. The average molecular weight is 270 g/mol. The van der Waals surface area contributed by atoms with E-state index in [-0.39, 0.29) is 18.4 Å². The van der Waals surface area contributed by atoms with Gasteiger partial charge in [0.25, 0.3) is 0 Å². The molecule has 1 fully saturated rings. The molecule has 0 spiro atoms. The van der Waals surface area contributed by atoms with Gasteiger partial charge in [-0.2, -0.15) is 0 Å². The Morgan fingerprint density at radius 1 is 1.67 bits per heavy atom. The van der Waals surface area contributed by atoms with Gasteiger partial charge in [-0.3, -0.25) is 10.1 Å². The summed E-state index contributed by atoms with van der Waals surface area (Å²) in [6, 6.07) is -1.25. The van der Waals surface area contributed by atoms with E-state index in [2.05, 4.69) is 20.6 Å². The molecule has 98 valence electrons. The van der Waals surface area contributed by atoms with Crippen LogP contribution in [0.15, 0.2) is 12.5 Å². The number of aliphatic carboxylic acids is 1. The van der Waals surface area contributed by atoms with E-state index in [1.54, 1.807) is 18.0 Å². The first-order chi connectivity index (χ1) is 8.66. The van der Waals surface area contributed by atoms with Crippen LogP contribution in [0, 0.1) is 0 Å². The maximum absolute atomic E-state index is 11.8. The molecule has 1 aromatic rings. The van der Waals surface area contributed by atoms with Crippen LogP contribution >= 0.6 is 11.8 Å². The minimum Gasteiger partial charge on any atom is -0.480 e. The van der Waals surface area contributed by atoms with Gasteiger partial charge < -0.3 is 15.4 Å². The van der Waals surface area contributed by atoms with E-state index in [1.165, 1.54) is 6.33 Å². The van der Waals surface area contributed by atoms with Crippen LogP contribution in [-0.4, -0.2) is 50.7 Å². The predicted molar refractivity (Wildman–Crippen MR) is 66.1 cm³/mol. The third-order valence-corrected chi connectivity index (χ3v) is 3.57. The molecular formula is C10H14N4O3S. The van der Waals surface area contributed by atoms with Crippen molar-refractivity contribution >= 4 is 23.6 Å². The number of rotatable bonds is 5. The quantitative estimate of drug-likeness (QED) is 0.557. The molecule has 2 heterocycles. The Kier molecular flexibility index (Phi) is 4.21. The Labute approximate surface area is 108 Å². The van der Waals surface area contributed by atoms with Crippen molar-refractivity contribution < 1.29 is 14.7 Å². The lowest BCUT2D eigenvalue weighted by Crippen LogP contribution is -2.50. The van der Waals surface area contributed by atoms with Gasteiger partial charge in [0.2, 0.25) is 5.91 Å². The largest absolute Gasteiger partial charge is 0.480 e. The highest BCUT2D eigenvalue weighted by atomic mass is 32.2. The van der Waals surface area contributed by atoms with Crippen molar-refractivity contribution in [2.75, 3.05) is 11.6 Å². The SMILES string of the molecule is O=C(N[C@@H](Cc1cnc[nH]1)C(=O)O)C1CSCN1. The standard InChI is InChI=1S/C10H14N4O3S/c15-9(8-3-18-5-13-8)14-7(10(16)17)1-6-2-11-4-12-6/h2,4,7-8,13H,1,3,5H2,(H,11,12)(H,14,15)(H,16,17)/t7-,8?/m0/s1. The van der Waals surface area contributed by atoms with Crippen LogP contribution in [-0.2, 0) is 16.0 Å². The summed E-state index contributed by atoms with van der Waals surface area (Å²) in [6.07, 6.45) is 3.22. The number of carbonyl (C=O) groups is 2. The molecule has 0 radical (unpaired) electrons. The van der Waals surface area contributed by atoms with Crippen LogP contribution in [0.5, 0.6) is 0 Å². The first-order valence-corrected chi connectivity index (χ1v) is 6.64. The number of aromatic amines is 1. The summed E-state index contributed by atoms with van der Waals surface area (Å²) in [5.74, 6) is 0.0639. The highest BCUT2D eigenvalue weighted by molar-refractivity contribution is 7.99. The second-order valence-electron chi connectivity index (χ2n) is 3.95. The van der Waals surface area contributed by atoms with Gasteiger partial charge in [0, 0.05) is 29.9 Å². The molecule has 0 bridgehead atoms. The molecule has 0 aromatic carbocycles. The number of thioether (sulfide) groups is 1. The van der Waals surface area contributed by atoms with Crippen LogP contribution in [0.25, 0.3) is 0 Å². The van der Waals surface area contributed by atoms with E-state index in [0.717, 1.165) is 5.88 Å². The number of carbonyl (C=O) groups excluding carboxylic acids is 1. The Morgan fingerprint density at radius 2 is 2.50 bits per heavy atom. The van der Waals surface area contributed by atoms with Gasteiger partial charge in [-0.25, -0.2) is 9.78 Å². The van der Waals surface area contributed by atoms with Crippen molar-refractivity contribution in [1.29, 1.82) is 0 Å². The topological polar surface area (TPSA) is 107 Å². The van der Waals surface area contributed by atoms with Crippen molar-refractivity contribution in [3.63, 3.8) is 0 Å². The Hall–Kier alpha value is -1.54. The van der Waals surface area contributed by atoms with Crippen molar-refractivity contribution in [3.05, 3.63) is 18.2 Å². The zero-order chi connectivity index (χ0) is 13.0. The van der Waals surface area contributed by atoms with Crippen LogP contribution in [0.1, 0.15) is 5.69 Å². The normalized spacial score (nSPS) is 20.6. The van der Waals surface area contributed by atoms with Crippen molar-refractivity contribution in [1.82, 2.24) is 20.6 Å². The van der Waals surface area contributed by atoms with Crippen LogP contribution < -0.4 is 10.6 Å². The Morgan fingerprint density at radius 3 is 3.06 bits per heavy atom. The third-order valence-electron chi connectivity index (χ3n) is 2.63. The second kappa shape index (κ2) is 5.87. The molecule has 2 atom stereocenters. The lowest BCUT2D eigenvalue weighted by molar-refractivity contribution is -0.142. The zero-order valence-corrected chi connectivity index (χ0v) is 10.4. The van der Waals surface area contributed by atoms with Gasteiger partial charge >= 0.3 is 5.97 Å². The maximum Gasteiger partial charge on any atom is 0.326 e. The lowest BCUT2D eigenvalue weighted by Gasteiger charge is -2.16. The number of aromatic nitrogens is 2. The number of hydrogen-bond acceptors (Lipinski definition) is 5. The first kappa shape index (κ1) is 12.9. The minimum atomic E-state index is -1.05. The first-order valence-electron chi connectivity index (χ1n) is 5.48. The van der Waals surface area contributed by atoms with Crippen molar-refractivity contribution in [3.8, 4) is 0 Å². The molecule has 4 N–H and O–H groups in total. The van der Waals surface area contributed by atoms with Gasteiger partial charge in [-0.05, 0) is 0 Å². The van der Waals surface area contributed by atoms with E-state index >= 15 is 0 Å². The predicted octanol–water partition coefficient (Wildman–Crippen LogP) is -0.816. The molecule has 1 saturated heterocycles. The van der Waals surface area contributed by atoms with Gasteiger partial charge in [0.1, 0.15) is 6.04 Å². The van der Waals surface area contributed by atoms with Gasteiger partial charge in [0.05, 0.1) is 12.4 Å². The fourth-order valence-electron chi connectivity index (χ4n) is 1.65. The number of nitrogens with one attached hydrogen (secondary N) is 3. The molecule has 7 nitrogen and oxygen atoms in total. The smallest absolute Gasteiger partial charge is 0.326 e. The van der Waals surface area contributed by atoms with E-state index in [4.69, 9.17) is 5.11 Å². The molecule has 1 aromatic heterocycles. The minimum absolute atomic E-state index is 0.195. The fraction of sp³-hybridized carbons (Fsp3) is 0.500. The summed E-state index contributed by atoms with van der Waals surface area (Å²) in [4.78, 5) is 29.5. The number of carboxylic acid groups (broad SMARTS) is 1. The molecule has 0 saturated carbocycles. The molecule has 0 aliphatic carbocycles. The van der Waals surface area contributed by atoms with Gasteiger partial charge in [-0.15, -0.1) is 11.8 Å². The van der Waals surface area contributed by atoms with Crippen LogP contribution in [0.3, 0.4) is 0 Å². The molecular weight excluding hydrogens is 256 g/mol. The van der Waals surface area contributed by atoms with E-state index in [0.29, 0.717) is 11.4 Å². The van der Waals surface area contributed by atoms with Gasteiger partial charge in [-0.1, -0.05) is 0 Å². The molecule has 1 unspecified atom stereocenters. The summed E-state index contributed by atoms with van der Waals surface area (Å²) in [7, 11) is 0. The number of amides is 1. The summed E-state index contributed by atoms with van der Waals surface area (Å²) in [6.45, 7) is 0. The molecule has 1 amide bonds. The monoisotopic (exact) mass is 270 g/mol. The molecule has 18 heavy (non-hydrogen) atoms. The number of hydrogen-bond donors (Lipinski definition) is 4. The van der Waals surface area contributed by atoms with E-state index < -0.39 is 12.0 Å². The van der Waals surface area contributed by atoms with Crippen molar-refractivity contribution in [2.45, 2.75) is 18.5 Å². The maximum atomic E-state index is 11.8. The van der Waals surface area contributed by atoms with E-state index in [1.807, 2.05) is 0 Å². The summed E-state index contributed by atoms with van der Waals surface area (Å²) < 4.78 is 0. The highest BCUT2D eigenvalue weighted by Gasteiger charge is 2.27. The number of imidazole rings is 1. The van der Waals surface area contributed by atoms with Crippen molar-refractivity contribution in [2.24, 2.45) is 0 Å².